The monoisotopic (exact) mass is 316 g/mol. The molecule has 0 aliphatic heterocycles. The van der Waals surface area contributed by atoms with Crippen LogP contribution in [0.3, 0.4) is 0 Å². The van der Waals surface area contributed by atoms with Gasteiger partial charge in [0.15, 0.2) is 0 Å². The molecule has 1 amide bonds. The Hall–Kier alpha value is -1.44. The number of unbranched alkanes of at least 4 members (excludes halogenated alkanes) is 1. The molecule has 1 aromatic heterocycles. The predicted molar refractivity (Wildman–Crippen MR) is 79.9 cm³/mol. The molecule has 0 N–H and O–H groups in total. The van der Waals surface area contributed by atoms with Crippen molar-refractivity contribution in [2.45, 2.75) is 45.7 Å². The van der Waals surface area contributed by atoms with Gasteiger partial charge in [-0.15, -0.1) is 5.10 Å². The van der Waals surface area contributed by atoms with Crippen LogP contribution in [0.5, 0.6) is 0 Å². The smallest absolute Gasteiger partial charge is 0.323 e. The second-order valence-corrected chi connectivity index (χ2v) is 7.29. The Morgan fingerprint density at radius 2 is 2.05 bits per heavy atom. The van der Waals surface area contributed by atoms with E-state index in [4.69, 9.17) is 0 Å². The number of nitrogens with zero attached hydrogens (tertiary/aromatic N) is 4. The van der Waals surface area contributed by atoms with Gasteiger partial charge >= 0.3 is 6.03 Å². The van der Waals surface area contributed by atoms with Crippen LogP contribution >= 0.6 is 0 Å². The minimum Gasteiger partial charge on any atom is -0.323 e. The average Bonchev–Trinajstić information content (AvgIpc) is 2.88. The summed E-state index contributed by atoms with van der Waals surface area (Å²) < 4.78 is 25.1. The lowest BCUT2D eigenvalue weighted by Crippen LogP contribution is -2.35. The lowest BCUT2D eigenvalue weighted by Gasteiger charge is -2.19. The molecule has 0 bridgehead atoms. The van der Waals surface area contributed by atoms with Gasteiger partial charge in [0.05, 0.1) is 5.75 Å². The Morgan fingerprint density at radius 3 is 2.57 bits per heavy atom. The zero-order valence-corrected chi connectivity index (χ0v) is 13.9. The summed E-state index contributed by atoms with van der Waals surface area (Å²) >= 11 is 0. The van der Waals surface area contributed by atoms with Crippen LogP contribution in [-0.2, 0) is 9.84 Å². The normalized spacial score (nSPS) is 11.9. The van der Waals surface area contributed by atoms with Crippen molar-refractivity contribution in [3.8, 4) is 0 Å². The van der Waals surface area contributed by atoms with Gasteiger partial charge in [-0.2, -0.15) is 4.68 Å². The Morgan fingerprint density at radius 1 is 1.38 bits per heavy atom. The Kier molecular flexibility index (Phi) is 6.32. The van der Waals surface area contributed by atoms with E-state index < -0.39 is 9.84 Å². The second-order valence-electron chi connectivity index (χ2n) is 5.36. The maximum Gasteiger partial charge on any atom is 0.346 e. The van der Waals surface area contributed by atoms with Crippen LogP contribution < -0.4 is 0 Å². The maximum atomic E-state index is 12.2. The number of rotatable bonds is 7. The number of hydrogen-bond acceptors (Lipinski definition) is 5. The van der Waals surface area contributed by atoms with E-state index in [-0.39, 0.29) is 22.9 Å². The summed E-state index contributed by atoms with van der Waals surface area (Å²) in [6, 6.07) is -0.343. The summed E-state index contributed by atoms with van der Waals surface area (Å²) in [5.74, 6) is -0.0484. The van der Waals surface area contributed by atoms with Gasteiger partial charge < -0.3 is 4.90 Å². The Bertz CT molecular complexity index is 566. The summed E-state index contributed by atoms with van der Waals surface area (Å²) in [7, 11) is -3.54. The largest absolute Gasteiger partial charge is 0.346 e. The number of sulfone groups is 1. The van der Waals surface area contributed by atoms with E-state index in [1.807, 2.05) is 27.7 Å². The van der Waals surface area contributed by atoms with Gasteiger partial charge in [0.25, 0.3) is 5.16 Å². The van der Waals surface area contributed by atoms with Crippen molar-refractivity contribution in [3.63, 3.8) is 0 Å². The minimum atomic E-state index is -3.54. The Labute approximate surface area is 126 Å². The first-order valence-corrected chi connectivity index (χ1v) is 8.90. The quantitative estimate of drug-likeness (QED) is 0.765. The van der Waals surface area contributed by atoms with Crippen molar-refractivity contribution >= 4 is 15.9 Å². The number of amides is 1. The standard InChI is InChI=1S/C13H24N4O3S/c1-5-7-8-16(6-2)13(18)17-10-14-12(15-17)21(19,20)9-11(3)4/h10-11H,5-9H2,1-4H3. The van der Waals surface area contributed by atoms with Gasteiger partial charge in [0.2, 0.25) is 9.84 Å². The molecule has 21 heavy (non-hydrogen) atoms. The topological polar surface area (TPSA) is 85.2 Å². The molecule has 0 spiro atoms. The Balaban J connectivity index is 2.89. The molecule has 0 aliphatic carbocycles. The van der Waals surface area contributed by atoms with Crippen LogP contribution in [0.25, 0.3) is 0 Å². The molecule has 0 radical (unpaired) electrons. The van der Waals surface area contributed by atoms with Crippen LogP contribution in [0, 0.1) is 5.92 Å². The zero-order chi connectivity index (χ0) is 16.0. The van der Waals surface area contributed by atoms with Crippen molar-refractivity contribution in [2.24, 2.45) is 5.92 Å². The van der Waals surface area contributed by atoms with Gasteiger partial charge in [-0.1, -0.05) is 27.2 Å². The van der Waals surface area contributed by atoms with E-state index in [1.165, 1.54) is 6.33 Å². The summed E-state index contributed by atoms with van der Waals surface area (Å²) in [6.45, 7) is 8.71. The third-order valence-corrected chi connectivity index (χ3v) is 4.78. The minimum absolute atomic E-state index is 0.0191. The first-order chi connectivity index (χ1) is 9.81. The number of carbonyl (C=O) groups excluding carboxylic acids is 1. The summed E-state index contributed by atoms with van der Waals surface area (Å²) in [5, 5.41) is 3.56. The number of carbonyl (C=O) groups is 1. The fraction of sp³-hybridized carbons (Fsp3) is 0.769. The first kappa shape index (κ1) is 17.6. The lowest BCUT2D eigenvalue weighted by atomic mass is 10.3. The fourth-order valence-electron chi connectivity index (χ4n) is 1.88. The molecule has 0 saturated carbocycles. The van der Waals surface area contributed by atoms with Gasteiger partial charge in [0, 0.05) is 13.1 Å². The highest BCUT2D eigenvalue weighted by Gasteiger charge is 2.23. The molecular weight excluding hydrogens is 292 g/mol. The van der Waals surface area contributed by atoms with Crippen LogP contribution in [-0.4, -0.2) is 53.0 Å². The SMILES string of the molecule is CCCCN(CC)C(=O)n1cnc(S(=O)(=O)CC(C)C)n1. The van der Waals surface area contributed by atoms with Crippen molar-refractivity contribution in [3.05, 3.63) is 6.33 Å². The second kappa shape index (κ2) is 7.53. The molecule has 0 unspecified atom stereocenters. The van der Waals surface area contributed by atoms with Crippen molar-refractivity contribution in [1.82, 2.24) is 19.7 Å². The molecule has 1 aromatic rings. The highest BCUT2D eigenvalue weighted by molar-refractivity contribution is 7.91. The molecule has 8 heteroatoms. The zero-order valence-electron chi connectivity index (χ0n) is 13.1. The van der Waals surface area contributed by atoms with E-state index in [2.05, 4.69) is 10.1 Å². The third kappa shape index (κ3) is 4.80. The molecule has 1 rings (SSSR count). The van der Waals surface area contributed by atoms with E-state index in [1.54, 1.807) is 4.90 Å². The van der Waals surface area contributed by atoms with E-state index in [9.17, 15) is 13.2 Å². The first-order valence-electron chi connectivity index (χ1n) is 7.25. The third-order valence-electron chi connectivity index (χ3n) is 2.93. The summed E-state index contributed by atoms with van der Waals surface area (Å²) in [6.07, 6.45) is 3.05. The van der Waals surface area contributed by atoms with E-state index in [0.29, 0.717) is 13.1 Å². The number of aromatic nitrogens is 3. The fourth-order valence-corrected chi connectivity index (χ4v) is 3.33. The van der Waals surface area contributed by atoms with E-state index in [0.717, 1.165) is 17.5 Å². The van der Waals surface area contributed by atoms with Gasteiger partial charge in [-0.3, -0.25) is 0 Å². The lowest BCUT2D eigenvalue weighted by molar-refractivity contribution is 0.197. The average molecular weight is 316 g/mol. The molecule has 0 aliphatic rings. The molecule has 1 heterocycles. The predicted octanol–water partition coefficient (Wildman–Crippen LogP) is 1.80. The molecule has 0 atom stereocenters. The van der Waals surface area contributed by atoms with Crippen LogP contribution in [0.15, 0.2) is 11.5 Å². The van der Waals surface area contributed by atoms with Crippen LogP contribution in [0.4, 0.5) is 4.79 Å². The highest BCUT2D eigenvalue weighted by atomic mass is 32.2. The maximum absolute atomic E-state index is 12.2. The van der Waals surface area contributed by atoms with Gasteiger partial charge in [0.1, 0.15) is 6.33 Å². The van der Waals surface area contributed by atoms with Crippen molar-refractivity contribution < 1.29 is 13.2 Å². The van der Waals surface area contributed by atoms with Gasteiger partial charge in [-0.25, -0.2) is 18.2 Å². The van der Waals surface area contributed by atoms with Crippen molar-refractivity contribution in [1.29, 1.82) is 0 Å². The molecular formula is C13H24N4O3S. The number of hydrogen-bond donors (Lipinski definition) is 0. The van der Waals surface area contributed by atoms with Crippen LogP contribution in [0.1, 0.15) is 40.5 Å². The molecule has 0 saturated heterocycles. The molecule has 7 nitrogen and oxygen atoms in total. The van der Waals surface area contributed by atoms with Crippen molar-refractivity contribution in [2.75, 3.05) is 18.8 Å². The summed E-state index contributed by atoms with van der Waals surface area (Å²) in [5.41, 5.74) is 0. The highest BCUT2D eigenvalue weighted by Crippen LogP contribution is 2.09. The van der Waals surface area contributed by atoms with Crippen LogP contribution in [0.2, 0.25) is 0 Å². The molecule has 120 valence electrons. The van der Waals surface area contributed by atoms with E-state index >= 15 is 0 Å². The van der Waals surface area contributed by atoms with Gasteiger partial charge in [-0.05, 0) is 19.3 Å². The summed E-state index contributed by atoms with van der Waals surface area (Å²) in [4.78, 5) is 17.6. The molecule has 0 aromatic carbocycles. The molecule has 0 fully saturated rings.